The third-order valence-corrected chi connectivity index (χ3v) is 4.63. The number of hydrogen-bond donors (Lipinski definition) is 1. The number of piperidine rings is 1. The maximum atomic E-state index is 12.6. The van der Waals surface area contributed by atoms with Crippen molar-refractivity contribution in [2.45, 2.75) is 57.5 Å². The van der Waals surface area contributed by atoms with Gasteiger partial charge in [0, 0.05) is 24.9 Å². The molecular weight excluding hydrogens is 296 g/mol. The second-order valence-corrected chi connectivity index (χ2v) is 6.41. The molecule has 8 heteroatoms. The summed E-state index contributed by atoms with van der Waals surface area (Å²) in [5, 5.41) is 11.9. The van der Waals surface area contributed by atoms with E-state index in [1.807, 2.05) is 6.92 Å². The van der Waals surface area contributed by atoms with Gasteiger partial charge in [-0.2, -0.15) is 10.1 Å². The van der Waals surface area contributed by atoms with Gasteiger partial charge in [-0.15, -0.1) is 0 Å². The Hall–Kier alpha value is -1.96. The maximum absolute atomic E-state index is 12.6. The highest BCUT2D eigenvalue weighted by Gasteiger charge is 2.30. The fourth-order valence-electron chi connectivity index (χ4n) is 3.19. The Morgan fingerprint density at radius 2 is 2.17 bits per heavy atom. The zero-order chi connectivity index (χ0) is 15.8. The van der Waals surface area contributed by atoms with Gasteiger partial charge in [-0.25, -0.2) is 9.48 Å². The third-order valence-electron chi connectivity index (χ3n) is 4.63. The molecule has 3 heterocycles. The van der Waals surface area contributed by atoms with E-state index in [1.165, 1.54) is 4.68 Å². The van der Waals surface area contributed by atoms with Gasteiger partial charge in [0.1, 0.15) is 12.4 Å². The predicted molar refractivity (Wildman–Crippen MR) is 82.4 cm³/mol. The first kappa shape index (κ1) is 14.6. The first-order chi connectivity index (χ1) is 11.3. The van der Waals surface area contributed by atoms with Gasteiger partial charge in [0.05, 0.1) is 0 Å². The van der Waals surface area contributed by atoms with E-state index in [0.29, 0.717) is 30.1 Å². The second-order valence-electron chi connectivity index (χ2n) is 6.41. The van der Waals surface area contributed by atoms with E-state index in [0.717, 1.165) is 44.6 Å². The van der Waals surface area contributed by atoms with Gasteiger partial charge >= 0.3 is 5.69 Å². The highest BCUT2D eigenvalue weighted by atomic mass is 16.5. The highest BCUT2D eigenvalue weighted by molar-refractivity contribution is 5.03. The Morgan fingerprint density at radius 1 is 1.30 bits per heavy atom. The van der Waals surface area contributed by atoms with Gasteiger partial charge in [0.2, 0.25) is 5.89 Å². The average Bonchev–Trinajstić information content (AvgIpc) is 3.25. The third kappa shape index (κ3) is 2.83. The van der Waals surface area contributed by atoms with Gasteiger partial charge in [-0.05, 0) is 39.2 Å². The van der Waals surface area contributed by atoms with Crippen LogP contribution in [0.2, 0.25) is 0 Å². The van der Waals surface area contributed by atoms with E-state index >= 15 is 0 Å². The number of rotatable bonds is 5. The molecule has 1 saturated heterocycles. The van der Waals surface area contributed by atoms with Crippen LogP contribution in [0.3, 0.4) is 0 Å². The minimum Gasteiger partial charge on any atom is -0.339 e. The second kappa shape index (κ2) is 5.92. The van der Waals surface area contributed by atoms with Crippen LogP contribution in [0.5, 0.6) is 0 Å². The molecule has 0 aromatic carbocycles. The van der Waals surface area contributed by atoms with E-state index in [2.05, 4.69) is 20.6 Å². The van der Waals surface area contributed by atoms with Crippen molar-refractivity contribution in [3.63, 3.8) is 0 Å². The lowest BCUT2D eigenvalue weighted by molar-refractivity contribution is 0.371. The van der Waals surface area contributed by atoms with Crippen LogP contribution in [0.1, 0.15) is 62.0 Å². The molecule has 124 valence electrons. The summed E-state index contributed by atoms with van der Waals surface area (Å²) < 4.78 is 8.49. The van der Waals surface area contributed by atoms with Crippen LogP contribution >= 0.6 is 0 Å². The largest absolute Gasteiger partial charge is 0.346 e. The molecule has 0 amide bonds. The van der Waals surface area contributed by atoms with Crippen LogP contribution in [-0.4, -0.2) is 37.6 Å². The quantitative estimate of drug-likeness (QED) is 0.878. The number of aromatic nitrogens is 5. The first-order valence-corrected chi connectivity index (χ1v) is 8.47. The van der Waals surface area contributed by atoms with Gasteiger partial charge in [0.25, 0.3) is 0 Å². The molecule has 1 N–H and O–H groups in total. The Morgan fingerprint density at radius 3 is 2.87 bits per heavy atom. The topological polar surface area (TPSA) is 90.8 Å². The Bertz CT molecular complexity index is 735. The van der Waals surface area contributed by atoms with E-state index in [9.17, 15) is 4.79 Å². The minimum atomic E-state index is -0.0918. The van der Waals surface area contributed by atoms with Crippen molar-refractivity contribution in [2.24, 2.45) is 0 Å². The molecule has 23 heavy (non-hydrogen) atoms. The van der Waals surface area contributed by atoms with Crippen molar-refractivity contribution < 1.29 is 4.52 Å². The summed E-state index contributed by atoms with van der Waals surface area (Å²) in [5.74, 6) is 2.81. The van der Waals surface area contributed by atoms with Crippen molar-refractivity contribution in [1.82, 2.24) is 29.8 Å². The van der Waals surface area contributed by atoms with Crippen molar-refractivity contribution >= 4 is 0 Å². The Balaban J connectivity index is 1.59. The molecule has 0 radical (unpaired) electrons. The van der Waals surface area contributed by atoms with E-state index in [1.54, 1.807) is 4.57 Å². The molecule has 2 aromatic heterocycles. The molecule has 0 unspecified atom stereocenters. The zero-order valence-electron chi connectivity index (χ0n) is 13.4. The van der Waals surface area contributed by atoms with Crippen LogP contribution in [0.4, 0.5) is 0 Å². The summed E-state index contributed by atoms with van der Waals surface area (Å²) in [7, 11) is 0. The van der Waals surface area contributed by atoms with Crippen molar-refractivity contribution in [1.29, 1.82) is 0 Å². The van der Waals surface area contributed by atoms with Crippen LogP contribution in [0.15, 0.2) is 9.32 Å². The summed E-state index contributed by atoms with van der Waals surface area (Å²) >= 11 is 0. The summed E-state index contributed by atoms with van der Waals surface area (Å²) in [4.78, 5) is 17.0. The molecule has 2 aromatic rings. The SMILES string of the molecule is CCn1c([C@@H]2CCCNC2)nn(Cc2noc(C3CC3)n2)c1=O. The first-order valence-electron chi connectivity index (χ1n) is 8.47. The lowest BCUT2D eigenvalue weighted by Gasteiger charge is -2.21. The molecule has 2 aliphatic rings. The van der Waals surface area contributed by atoms with Crippen molar-refractivity contribution in [2.75, 3.05) is 13.1 Å². The van der Waals surface area contributed by atoms with E-state index < -0.39 is 0 Å². The van der Waals surface area contributed by atoms with Crippen LogP contribution in [0, 0.1) is 0 Å². The van der Waals surface area contributed by atoms with Gasteiger partial charge in [-0.1, -0.05) is 5.16 Å². The number of nitrogens with zero attached hydrogens (tertiary/aromatic N) is 5. The van der Waals surface area contributed by atoms with Crippen LogP contribution < -0.4 is 11.0 Å². The van der Waals surface area contributed by atoms with Crippen molar-refractivity contribution in [3.8, 4) is 0 Å². The average molecular weight is 318 g/mol. The normalized spacial score (nSPS) is 21.7. The highest BCUT2D eigenvalue weighted by Crippen LogP contribution is 2.38. The molecule has 1 atom stereocenters. The fourth-order valence-corrected chi connectivity index (χ4v) is 3.19. The molecule has 1 aliphatic heterocycles. The molecular formula is C15H22N6O2. The van der Waals surface area contributed by atoms with Crippen LogP contribution in [-0.2, 0) is 13.1 Å². The molecule has 8 nitrogen and oxygen atoms in total. The lowest BCUT2D eigenvalue weighted by Crippen LogP contribution is -2.31. The zero-order valence-corrected chi connectivity index (χ0v) is 13.4. The van der Waals surface area contributed by atoms with Gasteiger partial charge in [-0.3, -0.25) is 4.57 Å². The van der Waals surface area contributed by atoms with Crippen LogP contribution in [0.25, 0.3) is 0 Å². The smallest absolute Gasteiger partial charge is 0.339 e. The van der Waals surface area contributed by atoms with Gasteiger partial charge in [0.15, 0.2) is 5.82 Å². The summed E-state index contributed by atoms with van der Waals surface area (Å²) in [5.41, 5.74) is -0.0918. The monoisotopic (exact) mass is 318 g/mol. The molecule has 0 bridgehead atoms. The lowest BCUT2D eigenvalue weighted by atomic mass is 9.99. The fraction of sp³-hybridized carbons (Fsp3) is 0.733. The maximum Gasteiger partial charge on any atom is 0.346 e. The Labute approximate surface area is 133 Å². The summed E-state index contributed by atoms with van der Waals surface area (Å²) in [6.45, 7) is 4.80. The summed E-state index contributed by atoms with van der Waals surface area (Å²) in [6, 6.07) is 0. The molecule has 4 rings (SSSR count). The Kier molecular flexibility index (Phi) is 3.76. The molecule has 2 fully saturated rings. The van der Waals surface area contributed by atoms with Crippen molar-refractivity contribution in [3.05, 3.63) is 28.0 Å². The van der Waals surface area contributed by atoms with Gasteiger partial charge < -0.3 is 9.84 Å². The number of nitrogens with one attached hydrogen (secondary N) is 1. The minimum absolute atomic E-state index is 0.0918. The molecule has 1 saturated carbocycles. The molecule has 0 spiro atoms. The summed E-state index contributed by atoms with van der Waals surface area (Å²) in [6.07, 6.45) is 4.41. The standard InChI is InChI=1S/C15H22N6O2/c1-2-20-13(11-4-3-7-16-8-11)18-21(15(20)22)9-12-17-14(23-19-12)10-5-6-10/h10-11,16H,2-9H2,1H3/t11-/m1/s1. The number of hydrogen-bond acceptors (Lipinski definition) is 6. The van der Waals surface area contributed by atoms with E-state index in [-0.39, 0.29) is 12.2 Å². The van der Waals surface area contributed by atoms with E-state index in [4.69, 9.17) is 4.52 Å². The molecule has 1 aliphatic carbocycles. The predicted octanol–water partition coefficient (Wildman–Crippen LogP) is 0.840.